The zero-order chi connectivity index (χ0) is 17.0. The standard InChI is InChI=1S/C20H24FN3O/c1-2-7-25-12-23-10-16-17(11-23)20(16)18-9-15-5-3-13-8-14(21)4-6-19(13)24(15)22-18/h4,6,8-9,16-17,20H,2-3,5,7,10-12H2,1H3. The lowest BCUT2D eigenvalue weighted by atomic mass is 10.0. The first-order valence-corrected chi connectivity index (χ1v) is 9.42. The number of halogens is 1. The van der Waals surface area contributed by atoms with Gasteiger partial charge in [0.25, 0.3) is 0 Å². The zero-order valence-corrected chi connectivity index (χ0v) is 14.6. The summed E-state index contributed by atoms with van der Waals surface area (Å²) in [4.78, 5) is 2.43. The van der Waals surface area contributed by atoms with Gasteiger partial charge in [0.15, 0.2) is 0 Å². The van der Waals surface area contributed by atoms with E-state index in [2.05, 4.69) is 17.9 Å². The summed E-state index contributed by atoms with van der Waals surface area (Å²) >= 11 is 0. The van der Waals surface area contributed by atoms with Crippen molar-refractivity contribution in [1.82, 2.24) is 14.7 Å². The number of ether oxygens (including phenoxy) is 1. The fourth-order valence-electron chi connectivity index (χ4n) is 4.71. The van der Waals surface area contributed by atoms with Gasteiger partial charge in [-0.05, 0) is 60.9 Å². The van der Waals surface area contributed by atoms with Crippen LogP contribution in [-0.4, -0.2) is 41.1 Å². The van der Waals surface area contributed by atoms with Crippen LogP contribution in [0.5, 0.6) is 0 Å². The molecule has 1 aromatic heterocycles. The summed E-state index contributed by atoms with van der Waals surface area (Å²) in [6.07, 6.45) is 2.93. The largest absolute Gasteiger partial charge is 0.366 e. The van der Waals surface area contributed by atoms with Crippen LogP contribution in [-0.2, 0) is 17.6 Å². The maximum atomic E-state index is 13.5. The fraction of sp³-hybridized carbons (Fsp3) is 0.550. The molecule has 2 aliphatic heterocycles. The average molecular weight is 341 g/mol. The number of piperidine rings is 1. The molecule has 0 amide bonds. The van der Waals surface area contributed by atoms with Crippen LogP contribution in [0.3, 0.4) is 0 Å². The SMILES string of the molecule is CCCOCN1CC2C(C1)C2c1cc2n(n1)-c1ccc(F)cc1CC2. The van der Waals surface area contributed by atoms with E-state index >= 15 is 0 Å². The van der Waals surface area contributed by atoms with Crippen molar-refractivity contribution in [2.24, 2.45) is 11.8 Å². The van der Waals surface area contributed by atoms with Gasteiger partial charge in [0.05, 0.1) is 18.1 Å². The number of hydrogen-bond acceptors (Lipinski definition) is 3. The Morgan fingerprint density at radius 2 is 2.04 bits per heavy atom. The summed E-state index contributed by atoms with van der Waals surface area (Å²) < 4.78 is 21.2. The molecule has 2 atom stereocenters. The Morgan fingerprint density at radius 1 is 1.20 bits per heavy atom. The Labute approximate surface area is 147 Å². The minimum absolute atomic E-state index is 0.156. The Kier molecular flexibility index (Phi) is 3.68. The zero-order valence-electron chi connectivity index (χ0n) is 14.6. The Balaban J connectivity index is 1.30. The first-order valence-electron chi connectivity index (χ1n) is 9.42. The predicted octanol–water partition coefficient (Wildman–Crippen LogP) is 3.14. The smallest absolute Gasteiger partial charge is 0.123 e. The summed E-state index contributed by atoms with van der Waals surface area (Å²) in [5.41, 5.74) is 4.62. The molecule has 1 aromatic carbocycles. The monoisotopic (exact) mass is 341 g/mol. The van der Waals surface area contributed by atoms with Crippen LogP contribution in [0.15, 0.2) is 24.3 Å². The molecule has 0 radical (unpaired) electrons. The molecular weight excluding hydrogens is 317 g/mol. The molecule has 0 spiro atoms. The van der Waals surface area contributed by atoms with E-state index in [1.807, 2.05) is 10.7 Å². The number of aryl methyl sites for hydroxylation is 2. The van der Waals surface area contributed by atoms with Crippen LogP contribution in [0.25, 0.3) is 5.69 Å². The van der Waals surface area contributed by atoms with Gasteiger partial charge in [-0.2, -0.15) is 5.10 Å². The molecule has 2 aromatic rings. The third-order valence-corrected chi connectivity index (χ3v) is 5.96. The van der Waals surface area contributed by atoms with E-state index in [1.165, 1.54) is 17.5 Å². The van der Waals surface area contributed by atoms with Gasteiger partial charge in [0.1, 0.15) is 5.82 Å². The highest BCUT2D eigenvalue weighted by atomic mass is 19.1. The predicted molar refractivity (Wildman–Crippen MR) is 93.3 cm³/mol. The van der Waals surface area contributed by atoms with Crippen molar-refractivity contribution in [2.75, 3.05) is 26.4 Å². The number of fused-ring (bicyclic) bond motifs is 4. The minimum atomic E-state index is -0.156. The molecule has 2 unspecified atom stereocenters. The molecule has 1 saturated heterocycles. The van der Waals surface area contributed by atoms with Gasteiger partial charge in [-0.1, -0.05) is 6.92 Å². The third kappa shape index (κ3) is 2.61. The van der Waals surface area contributed by atoms with E-state index in [-0.39, 0.29) is 5.82 Å². The molecule has 132 valence electrons. The van der Waals surface area contributed by atoms with E-state index in [9.17, 15) is 4.39 Å². The van der Waals surface area contributed by atoms with Crippen LogP contribution in [0.2, 0.25) is 0 Å². The van der Waals surface area contributed by atoms with Gasteiger partial charge in [-0.3, -0.25) is 4.90 Å². The Hall–Kier alpha value is -1.72. The summed E-state index contributed by atoms with van der Waals surface area (Å²) in [7, 11) is 0. The van der Waals surface area contributed by atoms with Gasteiger partial charge in [-0.15, -0.1) is 0 Å². The third-order valence-electron chi connectivity index (χ3n) is 5.96. The van der Waals surface area contributed by atoms with Gasteiger partial charge in [0, 0.05) is 31.3 Å². The van der Waals surface area contributed by atoms with Crippen molar-refractivity contribution in [1.29, 1.82) is 0 Å². The Morgan fingerprint density at radius 3 is 2.84 bits per heavy atom. The fourth-order valence-corrected chi connectivity index (χ4v) is 4.71. The van der Waals surface area contributed by atoms with Crippen molar-refractivity contribution in [3.63, 3.8) is 0 Å². The lowest BCUT2D eigenvalue weighted by Gasteiger charge is -2.18. The van der Waals surface area contributed by atoms with Crippen LogP contribution in [0, 0.1) is 17.7 Å². The molecule has 25 heavy (non-hydrogen) atoms. The van der Waals surface area contributed by atoms with Crippen molar-refractivity contribution >= 4 is 0 Å². The molecule has 0 N–H and O–H groups in total. The molecule has 5 rings (SSSR count). The van der Waals surface area contributed by atoms with E-state index < -0.39 is 0 Å². The molecule has 3 heterocycles. The molecule has 3 aliphatic rings. The van der Waals surface area contributed by atoms with Crippen molar-refractivity contribution in [2.45, 2.75) is 32.1 Å². The quantitative estimate of drug-likeness (QED) is 0.783. The van der Waals surface area contributed by atoms with E-state index in [4.69, 9.17) is 9.84 Å². The van der Waals surface area contributed by atoms with Crippen molar-refractivity contribution < 1.29 is 9.13 Å². The molecule has 1 saturated carbocycles. The van der Waals surface area contributed by atoms with E-state index in [0.717, 1.165) is 68.8 Å². The maximum absolute atomic E-state index is 13.5. The van der Waals surface area contributed by atoms with Gasteiger partial charge in [0.2, 0.25) is 0 Å². The average Bonchev–Trinajstić information content (AvgIpc) is 2.98. The van der Waals surface area contributed by atoms with E-state index in [0.29, 0.717) is 5.92 Å². The lowest BCUT2D eigenvalue weighted by molar-refractivity contribution is 0.0349. The van der Waals surface area contributed by atoms with Crippen LogP contribution in [0.4, 0.5) is 4.39 Å². The molecule has 4 nitrogen and oxygen atoms in total. The topological polar surface area (TPSA) is 30.3 Å². The number of rotatable bonds is 5. The molecule has 0 bridgehead atoms. The Bertz CT molecular complexity index is 790. The summed E-state index contributed by atoms with van der Waals surface area (Å²) in [5, 5.41) is 4.91. The molecular formula is C20H24FN3O. The highest BCUT2D eigenvalue weighted by molar-refractivity contribution is 5.46. The van der Waals surface area contributed by atoms with Gasteiger partial charge < -0.3 is 4.74 Å². The van der Waals surface area contributed by atoms with Crippen LogP contribution in [0.1, 0.15) is 36.2 Å². The molecule has 1 aliphatic carbocycles. The number of nitrogens with zero attached hydrogens (tertiary/aromatic N) is 3. The summed E-state index contributed by atoms with van der Waals surface area (Å²) in [6.45, 7) is 6.02. The number of aromatic nitrogens is 2. The minimum Gasteiger partial charge on any atom is -0.366 e. The van der Waals surface area contributed by atoms with Crippen LogP contribution < -0.4 is 0 Å². The number of likely N-dealkylation sites (tertiary alicyclic amines) is 1. The lowest BCUT2D eigenvalue weighted by Crippen LogP contribution is -2.27. The van der Waals surface area contributed by atoms with E-state index in [1.54, 1.807) is 6.07 Å². The second-order valence-electron chi connectivity index (χ2n) is 7.67. The van der Waals surface area contributed by atoms with Crippen molar-refractivity contribution in [3.05, 3.63) is 47.0 Å². The first kappa shape index (κ1) is 15.5. The second-order valence-corrected chi connectivity index (χ2v) is 7.67. The normalized spacial score (nSPS) is 27.0. The van der Waals surface area contributed by atoms with Gasteiger partial charge in [-0.25, -0.2) is 9.07 Å². The second kappa shape index (κ2) is 5.92. The first-order chi connectivity index (χ1) is 12.2. The molecule has 5 heteroatoms. The highest BCUT2D eigenvalue weighted by Crippen LogP contribution is 2.58. The highest BCUT2D eigenvalue weighted by Gasteiger charge is 2.57. The maximum Gasteiger partial charge on any atom is 0.123 e. The van der Waals surface area contributed by atoms with Crippen molar-refractivity contribution in [3.8, 4) is 5.69 Å². The number of hydrogen-bond donors (Lipinski definition) is 0. The number of benzene rings is 1. The summed E-state index contributed by atoms with van der Waals surface area (Å²) in [5.74, 6) is 1.91. The van der Waals surface area contributed by atoms with Gasteiger partial charge >= 0.3 is 0 Å². The molecule has 2 fully saturated rings. The van der Waals surface area contributed by atoms with Crippen LogP contribution >= 0.6 is 0 Å². The summed E-state index contributed by atoms with van der Waals surface area (Å²) in [6, 6.07) is 7.34.